The van der Waals surface area contributed by atoms with Crippen LogP contribution in [0.15, 0.2) is 115 Å². The minimum Gasteiger partial charge on any atom is -0.496 e. The van der Waals surface area contributed by atoms with Crippen LogP contribution in [0.1, 0.15) is 34.9 Å². The van der Waals surface area contributed by atoms with Crippen LogP contribution < -0.4 is 19.6 Å². The van der Waals surface area contributed by atoms with E-state index in [1.165, 1.54) is 28.7 Å². The van der Waals surface area contributed by atoms with Gasteiger partial charge in [-0.15, -0.1) is 0 Å². The van der Waals surface area contributed by atoms with Crippen LogP contribution in [0, 0.1) is 0 Å². The summed E-state index contributed by atoms with van der Waals surface area (Å²) >= 11 is 8.90. The number of allylic oxidation sites excluding steroid dienone is 1. The van der Waals surface area contributed by atoms with Crippen molar-refractivity contribution in [1.29, 1.82) is 0 Å². The Morgan fingerprint density at radius 1 is 1.02 bits per heavy atom. The van der Waals surface area contributed by atoms with Gasteiger partial charge >= 0.3 is 0 Å². The normalized spacial score (nSPS) is 16.2. The maximum Gasteiger partial charge on any atom is 0.271 e. The topological polar surface area (TPSA) is 56.7 Å². The number of fused-ring (bicyclic) bond motifs is 3. The zero-order valence-corrected chi connectivity index (χ0v) is 23.9. The molecule has 7 rings (SSSR count). The molecule has 0 N–H and O–H groups in total. The van der Waals surface area contributed by atoms with Crippen LogP contribution in [0.3, 0.4) is 0 Å². The first-order valence-electron chi connectivity index (χ1n) is 12.9. The monoisotopic (exact) mass is 582 g/mol. The van der Waals surface area contributed by atoms with Gasteiger partial charge in [0.1, 0.15) is 11.5 Å². The van der Waals surface area contributed by atoms with Gasteiger partial charge < -0.3 is 9.15 Å². The molecule has 0 amide bonds. The summed E-state index contributed by atoms with van der Waals surface area (Å²) in [6.07, 6.45) is 3.54. The van der Waals surface area contributed by atoms with Crippen LogP contribution in [0.25, 0.3) is 11.8 Å². The van der Waals surface area contributed by atoms with E-state index in [0.29, 0.717) is 20.1 Å². The molecule has 5 nitrogen and oxygen atoms in total. The van der Waals surface area contributed by atoms with E-state index < -0.39 is 0 Å². The summed E-state index contributed by atoms with van der Waals surface area (Å²) in [5, 5.41) is 1.43. The number of rotatable bonds is 5. The predicted octanol–water partition coefficient (Wildman–Crippen LogP) is 6.72. The molecule has 0 spiro atoms. The molecule has 198 valence electrons. The summed E-state index contributed by atoms with van der Waals surface area (Å²) in [4.78, 5) is 20.8. The largest absolute Gasteiger partial charge is 0.496 e. The lowest BCUT2D eigenvalue weighted by Gasteiger charge is -2.31. The fraction of sp³-hybridized carbons (Fsp3) is 0.125. The molecule has 2 aromatic heterocycles. The van der Waals surface area contributed by atoms with Crippen LogP contribution in [0.5, 0.6) is 5.75 Å². The van der Waals surface area contributed by atoms with Gasteiger partial charge in [-0.2, -0.15) is 0 Å². The van der Waals surface area contributed by atoms with E-state index in [0.717, 1.165) is 51.0 Å². The number of methoxy groups -OCH3 is 1. The van der Waals surface area contributed by atoms with Gasteiger partial charge in [-0.1, -0.05) is 77.2 Å². The third-order valence-corrected chi connectivity index (χ3v) is 9.38. The fourth-order valence-corrected chi connectivity index (χ4v) is 7.29. The highest BCUT2D eigenvalue weighted by atomic mass is 35.5. The van der Waals surface area contributed by atoms with Gasteiger partial charge in [0.25, 0.3) is 5.56 Å². The Morgan fingerprint density at radius 2 is 1.82 bits per heavy atom. The van der Waals surface area contributed by atoms with Crippen molar-refractivity contribution in [3.8, 4) is 5.75 Å². The van der Waals surface area contributed by atoms with Crippen LogP contribution in [0.2, 0.25) is 5.02 Å². The summed E-state index contributed by atoms with van der Waals surface area (Å²) in [6, 6.07) is 27.5. The predicted molar refractivity (Wildman–Crippen MR) is 160 cm³/mol. The number of nitrogens with zero attached hydrogens (tertiary/aromatic N) is 2. The summed E-state index contributed by atoms with van der Waals surface area (Å²) in [6.45, 7) is 0. The highest BCUT2D eigenvalue weighted by Crippen LogP contribution is 2.43. The molecule has 1 aliphatic heterocycles. The van der Waals surface area contributed by atoms with Crippen LogP contribution in [0.4, 0.5) is 0 Å². The van der Waals surface area contributed by atoms with E-state index in [2.05, 4.69) is 18.2 Å². The fourth-order valence-electron chi connectivity index (χ4n) is 5.41. The Bertz CT molecular complexity index is 1970. The number of hydrogen-bond acceptors (Lipinski definition) is 6. The number of furan rings is 1. The third-order valence-electron chi connectivity index (χ3n) is 7.21. The maximum atomic E-state index is 14.0. The van der Waals surface area contributed by atoms with E-state index >= 15 is 0 Å². The minimum atomic E-state index is -0.300. The number of aromatic nitrogens is 1. The lowest BCUT2D eigenvalue weighted by atomic mass is 9.83. The Kier molecular flexibility index (Phi) is 6.50. The molecule has 40 heavy (non-hydrogen) atoms. The quantitative estimate of drug-likeness (QED) is 0.231. The number of thiazole rings is 1. The minimum absolute atomic E-state index is 0.0895. The molecule has 0 saturated carbocycles. The van der Waals surface area contributed by atoms with Crippen LogP contribution >= 0.6 is 34.7 Å². The van der Waals surface area contributed by atoms with Gasteiger partial charge in [0, 0.05) is 27.1 Å². The molecule has 0 fully saturated rings. The Morgan fingerprint density at radius 3 is 2.67 bits per heavy atom. The zero-order chi connectivity index (χ0) is 27.2. The van der Waals surface area contributed by atoms with Crippen LogP contribution in [-0.2, 0) is 6.42 Å². The molecule has 1 atom stereocenters. The van der Waals surface area contributed by atoms with Crippen LogP contribution in [-0.4, -0.2) is 11.7 Å². The molecule has 0 bridgehead atoms. The SMILES string of the molecule is COc1ccccc1C1C2=C(N=c3s/c(=C\c4ccc(Sc5ccc(Cl)cc5)o4)c(=O)n31)c1ccccc1CC2. The van der Waals surface area contributed by atoms with E-state index in [9.17, 15) is 4.79 Å². The first-order chi connectivity index (χ1) is 19.6. The maximum absolute atomic E-state index is 14.0. The number of aryl methyl sites for hydroxylation is 1. The highest BCUT2D eigenvalue weighted by Gasteiger charge is 2.34. The second kappa shape index (κ2) is 10.3. The smallest absolute Gasteiger partial charge is 0.271 e. The molecule has 3 aromatic carbocycles. The zero-order valence-electron chi connectivity index (χ0n) is 21.5. The number of ether oxygens (including phenoxy) is 1. The van der Waals surface area contributed by atoms with E-state index in [1.54, 1.807) is 7.11 Å². The van der Waals surface area contributed by atoms with E-state index in [1.807, 2.05) is 77.4 Å². The number of benzene rings is 3. The van der Waals surface area contributed by atoms with Crippen molar-refractivity contribution in [1.82, 2.24) is 4.57 Å². The number of para-hydroxylation sites is 1. The molecule has 1 aliphatic carbocycles. The molecule has 3 heterocycles. The van der Waals surface area contributed by atoms with Gasteiger partial charge in [-0.25, -0.2) is 4.99 Å². The Hall–Kier alpha value is -3.78. The van der Waals surface area contributed by atoms with E-state index in [4.69, 9.17) is 25.7 Å². The van der Waals surface area contributed by atoms with E-state index in [-0.39, 0.29) is 11.6 Å². The summed E-state index contributed by atoms with van der Waals surface area (Å²) in [5.41, 5.74) is 5.39. The highest BCUT2D eigenvalue weighted by molar-refractivity contribution is 7.99. The average Bonchev–Trinajstić information content (AvgIpc) is 3.56. The molecule has 0 saturated heterocycles. The molecule has 0 radical (unpaired) electrons. The third kappa shape index (κ3) is 4.44. The Labute approximate surface area is 243 Å². The van der Waals surface area contributed by atoms with Gasteiger partial charge in [-0.05, 0) is 66.4 Å². The van der Waals surface area contributed by atoms with Crippen molar-refractivity contribution in [2.45, 2.75) is 28.9 Å². The van der Waals surface area contributed by atoms with Gasteiger partial charge in [0.15, 0.2) is 9.89 Å². The first kappa shape index (κ1) is 25.2. The van der Waals surface area contributed by atoms with Gasteiger partial charge in [0.2, 0.25) is 0 Å². The Balaban J connectivity index is 1.36. The summed E-state index contributed by atoms with van der Waals surface area (Å²) in [7, 11) is 1.67. The molecule has 2 aliphatic rings. The average molecular weight is 583 g/mol. The second-order valence-corrected chi connectivity index (χ2v) is 12.1. The first-order valence-corrected chi connectivity index (χ1v) is 14.9. The van der Waals surface area contributed by atoms with Crippen molar-refractivity contribution < 1.29 is 9.15 Å². The standard InChI is InChI=1S/C32H23ClN2O3S2/c1-37-26-9-5-4-8-24(26)30-25-16-10-19-6-2-3-7-23(19)29(25)34-32-35(30)31(36)27(40-32)18-21-13-17-28(38-21)39-22-14-11-20(33)12-15-22/h2-9,11-15,17-18,30H,10,16H2,1H3/b27-18-. The lowest BCUT2D eigenvalue weighted by molar-refractivity contribution is 0.402. The molecular formula is C32H23ClN2O3S2. The molecule has 8 heteroatoms. The van der Waals surface area contributed by atoms with Crippen molar-refractivity contribution in [2.24, 2.45) is 4.99 Å². The van der Waals surface area contributed by atoms with Gasteiger partial charge in [0.05, 0.1) is 23.4 Å². The van der Waals surface area contributed by atoms with Crippen molar-refractivity contribution in [2.75, 3.05) is 7.11 Å². The summed E-state index contributed by atoms with van der Waals surface area (Å²) in [5.74, 6) is 1.37. The molecule has 5 aromatic rings. The van der Waals surface area contributed by atoms with Crippen molar-refractivity contribution in [3.05, 3.63) is 138 Å². The van der Waals surface area contributed by atoms with Crippen molar-refractivity contribution in [3.63, 3.8) is 0 Å². The number of hydrogen-bond donors (Lipinski definition) is 0. The molecule has 1 unspecified atom stereocenters. The van der Waals surface area contributed by atoms with Gasteiger partial charge in [-0.3, -0.25) is 9.36 Å². The second-order valence-electron chi connectivity index (χ2n) is 9.57. The van der Waals surface area contributed by atoms with Crippen molar-refractivity contribution >= 4 is 46.5 Å². The lowest BCUT2D eigenvalue weighted by Crippen LogP contribution is -2.38. The number of halogens is 1. The molecular weight excluding hydrogens is 560 g/mol. The summed E-state index contributed by atoms with van der Waals surface area (Å²) < 4.78 is 14.2.